The molecule has 1 aromatic rings. The maximum atomic E-state index is 14.2. The van der Waals surface area contributed by atoms with Crippen molar-refractivity contribution in [3.63, 3.8) is 0 Å². The normalized spacial score (nSPS) is 16.5. The molecule has 40 nitrogen and oxygen atoms in total. The number of rotatable bonds is 49. The molecule has 0 spiro atoms. The van der Waals surface area contributed by atoms with Crippen molar-refractivity contribution in [3.8, 4) is 0 Å². The van der Waals surface area contributed by atoms with E-state index in [1.165, 1.54) is 43.0 Å². The predicted molar refractivity (Wildman–Crippen MR) is 380 cm³/mol. The molecule has 604 valence electrons. The zero-order valence-electron chi connectivity index (χ0n) is 62.0. The summed E-state index contributed by atoms with van der Waals surface area (Å²) in [5.74, 6) is -22.5. The largest absolute Gasteiger partial charge is 0.481 e. The molecule has 0 unspecified atom stereocenters. The molecule has 0 bridgehead atoms. The van der Waals surface area contributed by atoms with Crippen LogP contribution in [0.1, 0.15) is 151 Å². The number of nitrogens with two attached hydrogens (primary N) is 3. The van der Waals surface area contributed by atoms with E-state index in [2.05, 4.69) is 58.5 Å². The van der Waals surface area contributed by atoms with E-state index in [9.17, 15) is 117 Å². The highest BCUT2D eigenvalue weighted by molar-refractivity contribution is 6.01. The van der Waals surface area contributed by atoms with Gasteiger partial charge in [0.15, 0.2) is 0 Å². The van der Waals surface area contributed by atoms with Crippen LogP contribution in [0, 0.1) is 17.8 Å². The fourth-order valence-corrected chi connectivity index (χ4v) is 11.1. The summed E-state index contributed by atoms with van der Waals surface area (Å²) in [6.07, 6.45) is -5.42. The number of carbonyl (C=O) groups is 18. The summed E-state index contributed by atoms with van der Waals surface area (Å²) in [5, 5.41) is 87.4. The zero-order chi connectivity index (χ0) is 82.0. The van der Waals surface area contributed by atoms with Crippen LogP contribution in [0.4, 0.5) is 0 Å². The Balaban J connectivity index is 2.36. The monoisotopic (exact) mass is 1530 g/mol. The van der Waals surface area contributed by atoms with Gasteiger partial charge in [-0.25, -0.2) is 4.79 Å². The summed E-state index contributed by atoms with van der Waals surface area (Å²) >= 11 is 0. The van der Waals surface area contributed by atoms with Gasteiger partial charge in [-0.15, -0.1) is 0 Å². The highest BCUT2D eigenvalue weighted by atomic mass is 16.4. The lowest BCUT2D eigenvalue weighted by Gasteiger charge is -2.31. The molecule has 0 aliphatic carbocycles. The Bertz CT molecular complexity index is 3320. The van der Waals surface area contributed by atoms with Crippen LogP contribution in [0.25, 0.3) is 0 Å². The Kier molecular flexibility index (Phi) is 40.4. The summed E-state index contributed by atoms with van der Waals surface area (Å²) in [6, 6.07) is -15.2. The van der Waals surface area contributed by atoms with Crippen LogP contribution >= 0.6 is 0 Å². The number of aliphatic hydroxyl groups is 2. The van der Waals surface area contributed by atoms with Crippen LogP contribution in [-0.4, -0.2) is 253 Å². The van der Waals surface area contributed by atoms with E-state index in [0.717, 1.165) is 6.92 Å². The molecular weight excluding hydrogens is 1420 g/mol. The molecular formula is C68H108N16O24. The van der Waals surface area contributed by atoms with Crippen LogP contribution in [0.5, 0.6) is 0 Å². The van der Waals surface area contributed by atoms with Crippen LogP contribution in [0.3, 0.4) is 0 Å². The molecule has 1 aliphatic rings. The first-order valence-corrected chi connectivity index (χ1v) is 35.4. The smallest absolute Gasteiger partial charge is 0.326 e. The lowest BCUT2D eigenvalue weighted by molar-refractivity contribution is -0.144. The van der Waals surface area contributed by atoms with Crippen molar-refractivity contribution in [1.29, 1.82) is 0 Å². The molecule has 1 heterocycles. The minimum atomic E-state index is -2.20. The van der Waals surface area contributed by atoms with Crippen LogP contribution < -0.4 is 81.0 Å². The lowest BCUT2D eigenvalue weighted by atomic mass is 9.99. The van der Waals surface area contributed by atoms with Crippen molar-refractivity contribution in [2.75, 3.05) is 19.7 Å². The summed E-state index contributed by atoms with van der Waals surface area (Å²) in [4.78, 5) is 241. The van der Waals surface area contributed by atoms with Gasteiger partial charge in [-0.3, -0.25) is 81.5 Å². The van der Waals surface area contributed by atoms with Crippen molar-refractivity contribution in [2.45, 2.75) is 243 Å². The van der Waals surface area contributed by atoms with Crippen molar-refractivity contribution >= 4 is 107 Å². The van der Waals surface area contributed by atoms with Gasteiger partial charge in [0.1, 0.15) is 84.6 Å². The van der Waals surface area contributed by atoms with Gasteiger partial charge in [-0.05, 0) is 108 Å². The molecule has 1 saturated heterocycles. The van der Waals surface area contributed by atoms with Crippen LogP contribution in [0.2, 0.25) is 0 Å². The number of nitrogens with zero attached hydrogens (tertiary/aromatic N) is 1. The maximum absolute atomic E-state index is 14.2. The quantitative estimate of drug-likeness (QED) is 0.0270. The number of aliphatic carboxylic acids is 4. The Hall–Kier alpha value is -10.5. The Morgan fingerprint density at radius 1 is 0.454 bits per heavy atom. The van der Waals surface area contributed by atoms with Crippen molar-refractivity contribution in [3.05, 3.63) is 35.9 Å². The average Bonchev–Trinajstić information content (AvgIpc) is 1.57. The zero-order valence-corrected chi connectivity index (χ0v) is 62.0. The topological polar surface area (TPSA) is 654 Å². The number of likely N-dealkylation sites (tertiary alicyclic amines) is 1. The second-order valence-corrected chi connectivity index (χ2v) is 27.7. The van der Waals surface area contributed by atoms with E-state index in [1.807, 2.05) is 5.32 Å². The number of amides is 14. The van der Waals surface area contributed by atoms with E-state index in [0.29, 0.717) is 18.4 Å². The number of hydrogen-bond donors (Lipinski definition) is 21. The number of unbranched alkanes of at least 4 members (excludes halogenated alkanes) is 1. The van der Waals surface area contributed by atoms with Gasteiger partial charge in [0, 0.05) is 19.4 Å². The SMILES string of the molecule is CC(C)C[C@H](NC(=O)[C@H](CC(=O)O)NC(=O)[C@H](C)NC(=O)[C@H](C)NC(=O)[C@@H]1CCCN1C(=O)[C@H](CC(C)C)NC(=O)[C@H](CC(C)C)NC(=O)[C@@H](N)[C@@H](C)O)C(=O)N[C@@H](CC(=O)O)C(=O)N[C@@H](CC(=O)O)C(=O)N[C@@H](Cc1ccccc1)C(=O)N[C@@H](CO)C(=O)N[C@@H](CCCCN)C(=O)N[C@@H](CCC(N)=O)C(=O)O. The third kappa shape index (κ3) is 33.5. The third-order valence-electron chi connectivity index (χ3n) is 16.8. The highest BCUT2D eigenvalue weighted by Crippen LogP contribution is 2.22. The summed E-state index contributed by atoms with van der Waals surface area (Å²) < 4.78 is 0. The van der Waals surface area contributed by atoms with E-state index in [-0.39, 0.29) is 63.5 Å². The minimum absolute atomic E-state index is 0.0791. The molecule has 0 saturated carbocycles. The predicted octanol–water partition coefficient (Wildman–Crippen LogP) is -6.18. The number of primary amides is 1. The van der Waals surface area contributed by atoms with Crippen molar-refractivity contribution in [2.24, 2.45) is 35.0 Å². The van der Waals surface area contributed by atoms with Gasteiger partial charge in [0.05, 0.1) is 32.0 Å². The van der Waals surface area contributed by atoms with Gasteiger partial charge >= 0.3 is 23.9 Å². The summed E-state index contributed by atoms with van der Waals surface area (Å²) in [5.41, 5.74) is 16.9. The number of carboxylic acids is 4. The molecule has 1 aromatic carbocycles. The van der Waals surface area contributed by atoms with Crippen molar-refractivity contribution in [1.82, 2.24) is 68.7 Å². The second kappa shape index (κ2) is 46.6. The van der Waals surface area contributed by atoms with E-state index >= 15 is 0 Å². The maximum Gasteiger partial charge on any atom is 0.326 e. The highest BCUT2D eigenvalue weighted by Gasteiger charge is 2.42. The molecule has 15 atom stereocenters. The summed E-state index contributed by atoms with van der Waals surface area (Å²) in [7, 11) is 0. The first-order valence-electron chi connectivity index (χ1n) is 35.4. The number of nitrogens with one attached hydrogen (secondary N) is 12. The van der Waals surface area contributed by atoms with Crippen LogP contribution in [-0.2, 0) is 92.7 Å². The fourth-order valence-electron chi connectivity index (χ4n) is 11.1. The second-order valence-electron chi connectivity index (χ2n) is 27.7. The number of benzene rings is 1. The number of aliphatic hydroxyl groups excluding tert-OH is 2. The van der Waals surface area contributed by atoms with Crippen molar-refractivity contribution < 1.29 is 117 Å². The molecule has 1 fully saturated rings. The molecule has 14 amide bonds. The average molecular weight is 1530 g/mol. The van der Waals surface area contributed by atoms with Gasteiger partial charge < -0.3 is 117 Å². The van der Waals surface area contributed by atoms with Gasteiger partial charge in [0.2, 0.25) is 82.7 Å². The molecule has 40 heteroatoms. The number of carbonyl (C=O) groups excluding carboxylic acids is 14. The molecule has 1 aliphatic heterocycles. The lowest BCUT2D eigenvalue weighted by Crippen LogP contribution is -2.61. The molecule has 0 aromatic heterocycles. The van der Waals surface area contributed by atoms with E-state index in [4.69, 9.17) is 17.2 Å². The van der Waals surface area contributed by atoms with Gasteiger partial charge in [-0.1, -0.05) is 71.9 Å². The molecule has 2 rings (SSSR count). The Morgan fingerprint density at radius 2 is 0.833 bits per heavy atom. The number of carboxylic acid groups (broad SMARTS) is 4. The molecule has 24 N–H and O–H groups in total. The van der Waals surface area contributed by atoms with E-state index < -0.39 is 248 Å². The first kappa shape index (κ1) is 93.6. The van der Waals surface area contributed by atoms with Gasteiger partial charge in [0.25, 0.3) is 0 Å². The standard InChI is InChI=1S/C68H108N16O24/c1-32(2)24-41(77-61(100)44(28-51(88)89)76-56(95)36(8)72-55(94)35(7)73-65(104)49-19-15-23-84(49)67(106)47(26-34(5)6)82-59(98)42(25-33(3)4)81-66(105)54(71)37(9)86)58(97)79-46(30-53(92)93)63(102)80-45(29-52(90)91)62(101)78-43(27-38-16-11-10-12-17-38)60(99)83-48(31-85)64(103)74-39(18-13-14-22-69)57(96)75-40(68(107)108)20-21-50(70)87/h10-12,16-17,32-37,39-49,54,85-86H,13-15,18-31,69,71H2,1-9H3,(H2,70,87)(H,72,94)(H,73,104)(H,74,103)(H,75,96)(H,76,95)(H,77,100)(H,78,101)(H,79,97)(H,80,102)(H,81,105)(H,82,98)(H,83,99)(H,88,89)(H,90,91)(H,92,93)(H,107,108)/t35-,36-,37+,39-,40-,41-,42-,43-,44-,45-,46-,47-,48-,49-,54-/m0/s1. The Morgan fingerprint density at radius 3 is 1.29 bits per heavy atom. The number of hydrogen-bond acceptors (Lipinski definition) is 22. The summed E-state index contributed by atoms with van der Waals surface area (Å²) in [6.45, 7) is 13.1. The molecule has 108 heavy (non-hydrogen) atoms. The van der Waals surface area contributed by atoms with Gasteiger partial charge in [-0.2, -0.15) is 0 Å². The first-order chi connectivity index (χ1) is 50.5. The molecule has 0 radical (unpaired) electrons. The third-order valence-corrected chi connectivity index (χ3v) is 16.8. The van der Waals surface area contributed by atoms with Crippen LogP contribution in [0.15, 0.2) is 30.3 Å². The Labute approximate surface area is 623 Å². The minimum Gasteiger partial charge on any atom is -0.481 e. The fraction of sp³-hybridized carbons (Fsp3) is 0.647. The van der Waals surface area contributed by atoms with E-state index in [1.54, 1.807) is 47.6 Å².